The quantitative estimate of drug-likeness (QED) is 0.200. The van der Waals surface area contributed by atoms with Gasteiger partial charge in [0.15, 0.2) is 0 Å². The summed E-state index contributed by atoms with van der Waals surface area (Å²) in [6.07, 6.45) is 0.520. The third-order valence-corrected chi connectivity index (χ3v) is 10.6. The van der Waals surface area contributed by atoms with E-state index < -0.39 is 10.1 Å². The van der Waals surface area contributed by atoms with Gasteiger partial charge < -0.3 is 5.11 Å². The van der Waals surface area contributed by atoms with Crippen molar-refractivity contribution >= 4 is 10.1 Å². The molecule has 9 heteroatoms. The summed E-state index contributed by atoms with van der Waals surface area (Å²) in [6.45, 7) is 14.7. The Kier molecular flexibility index (Phi) is 15.4. The lowest BCUT2D eigenvalue weighted by atomic mass is 10.0. The van der Waals surface area contributed by atoms with Crippen LogP contribution in [-0.2, 0) is 40.5 Å². The van der Waals surface area contributed by atoms with E-state index in [2.05, 4.69) is 131 Å². The topological polar surface area (TPSA) is 76.6 Å². The molecule has 4 atom stereocenters. The molecule has 2 aliphatic heterocycles. The van der Waals surface area contributed by atoms with E-state index in [1.807, 2.05) is 24.3 Å². The normalized spacial score (nSPS) is 23.0. The molecule has 0 unspecified atom stereocenters. The molecule has 0 spiro atoms. The van der Waals surface area contributed by atoms with E-state index in [1.165, 1.54) is 22.3 Å². The molecular weight excluding hydrogens is 669 g/mol. The molecule has 280 valence electrons. The fraction of sp³-hybridized carbons (Fsp3) is 0.442. The van der Waals surface area contributed by atoms with E-state index in [1.54, 1.807) is 0 Å². The van der Waals surface area contributed by atoms with Gasteiger partial charge in [-0.25, -0.2) is 0 Å². The van der Waals surface area contributed by atoms with Gasteiger partial charge in [-0.2, -0.15) is 8.42 Å². The van der Waals surface area contributed by atoms with Crippen molar-refractivity contribution in [2.24, 2.45) is 11.8 Å². The first-order chi connectivity index (χ1) is 25.1. The van der Waals surface area contributed by atoms with E-state index in [-0.39, 0.29) is 24.0 Å². The summed E-state index contributed by atoms with van der Waals surface area (Å²) in [4.78, 5) is 9.56. The minimum absolute atomic E-state index is 0.108. The lowest BCUT2D eigenvalue weighted by molar-refractivity contribution is 0.0241. The fourth-order valence-electron chi connectivity index (χ4n) is 7.15. The lowest BCUT2D eigenvalue weighted by Crippen LogP contribution is -2.48. The SMILES string of the molecule is C[C@H]1CN(Cc2ccccc2)CCN(Cc2ccccc2)C[C@H]1O.C[C@H]1CN(Cc2ccccc2)CCN(Cc2ccccc2)C[C@H]1OS(C)(=O)=O. The molecule has 0 amide bonds. The second kappa shape index (κ2) is 20.2. The van der Waals surface area contributed by atoms with Crippen molar-refractivity contribution in [3.63, 3.8) is 0 Å². The third-order valence-electron chi connectivity index (χ3n) is 10.0. The van der Waals surface area contributed by atoms with Crippen molar-refractivity contribution in [1.29, 1.82) is 0 Å². The summed E-state index contributed by atoms with van der Waals surface area (Å²) in [5, 5.41) is 10.5. The largest absolute Gasteiger partial charge is 0.391 e. The third kappa shape index (κ3) is 13.9. The monoisotopic (exact) mass is 726 g/mol. The standard InChI is InChI=1S/C22H30N2O3S.C21H28N2O/c1-19-15-23(16-20-9-5-3-6-10-20)13-14-24(17-21-11-7-4-8-12-21)18-22(19)27-28(2,25)26;1-18-14-22(15-19-8-4-2-5-9-19)12-13-23(17-21(18)24)16-20-10-6-3-7-11-20/h3-12,19,22H,13-18H2,1-2H3;2-11,18,21,24H,12-17H2,1H3/t19-,22+;18-,21+/m00/s1. The first-order valence-corrected chi connectivity index (χ1v) is 20.5. The van der Waals surface area contributed by atoms with Crippen LogP contribution in [0.3, 0.4) is 0 Å². The van der Waals surface area contributed by atoms with Crippen molar-refractivity contribution < 1.29 is 17.7 Å². The van der Waals surface area contributed by atoms with Gasteiger partial charge in [-0.05, 0) is 34.1 Å². The van der Waals surface area contributed by atoms with Crippen molar-refractivity contribution in [3.8, 4) is 0 Å². The van der Waals surface area contributed by atoms with Gasteiger partial charge in [-0.15, -0.1) is 0 Å². The molecule has 0 aliphatic carbocycles. The van der Waals surface area contributed by atoms with Gasteiger partial charge in [-0.3, -0.25) is 23.8 Å². The number of hydrogen-bond acceptors (Lipinski definition) is 8. The summed E-state index contributed by atoms with van der Waals surface area (Å²) < 4.78 is 29.1. The maximum atomic E-state index is 11.8. The van der Waals surface area contributed by atoms with Crippen molar-refractivity contribution in [2.45, 2.75) is 52.2 Å². The molecular formula is C43H58N4O4S. The molecule has 2 aliphatic rings. The summed E-state index contributed by atoms with van der Waals surface area (Å²) in [5.74, 6) is 0.393. The van der Waals surface area contributed by atoms with Gasteiger partial charge in [-0.1, -0.05) is 135 Å². The zero-order valence-electron chi connectivity index (χ0n) is 31.2. The Morgan fingerprint density at radius 1 is 0.519 bits per heavy atom. The second-order valence-corrected chi connectivity index (χ2v) is 16.3. The van der Waals surface area contributed by atoms with E-state index in [0.717, 1.165) is 78.2 Å². The summed E-state index contributed by atoms with van der Waals surface area (Å²) >= 11 is 0. The molecule has 0 bridgehead atoms. The van der Waals surface area contributed by atoms with Gasteiger partial charge in [0.25, 0.3) is 10.1 Å². The average Bonchev–Trinajstić information content (AvgIpc) is 3.13. The smallest absolute Gasteiger partial charge is 0.264 e. The number of aliphatic hydroxyl groups is 1. The van der Waals surface area contributed by atoms with Crippen LogP contribution in [0.1, 0.15) is 36.1 Å². The van der Waals surface area contributed by atoms with Crippen molar-refractivity contribution in [2.75, 3.05) is 58.6 Å². The number of benzene rings is 4. The zero-order valence-corrected chi connectivity index (χ0v) is 32.0. The first-order valence-electron chi connectivity index (χ1n) is 18.7. The molecule has 2 fully saturated rings. The lowest BCUT2D eigenvalue weighted by Gasteiger charge is -2.37. The minimum atomic E-state index is -3.50. The predicted octanol–water partition coefficient (Wildman–Crippen LogP) is 5.99. The van der Waals surface area contributed by atoms with Crippen LogP contribution in [0, 0.1) is 11.8 Å². The Balaban J connectivity index is 0.000000203. The highest BCUT2D eigenvalue weighted by molar-refractivity contribution is 7.86. The zero-order chi connectivity index (χ0) is 36.8. The van der Waals surface area contributed by atoms with E-state index in [0.29, 0.717) is 6.54 Å². The average molecular weight is 727 g/mol. The highest BCUT2D eigenvalue weighted by atomic mass is 32.2. The highest BCUT2D eigenvalue weighted by Gasteiger charge is 2.29. The second-order valence-electron chi connectivity index (χ2n) is 14.7. The molecule has 4 aromatic rings. The highest BCUT2D eigenvalue weighted by Crippen LogP contribution is 2.20. The molecule has 0 aromatic heterocycles. The molecule has 2 heterocycles. The number of β-amino-alcohol motifs (C(OH)–C–C–N with tert-alkyl or cyclic N) is 1. The summed E-state index contributed by atoms with van der Waals surface area (Å²) in [7, 11) is -3.50. The van der Waals surface area contributed by atoms with E-state index in [9.17, 15) is 13.5 Å². The van der Waals surface area contributed by atoms with Crippen LogP contribution < -0.4 is 0 Å². The molecule has 52 heavy (non-hydrogen) atoms. The molecule has 1 N–H and O–H groups in total. The van der Waals surface area contributed by atoms with Crippen LogP contribution in [-0.4, -0.2) is 104 Å². The summed E-state index contributed by atoms with van der Waals surface area (Å²) in [6, 6.07) is 41.9. The van der Waals surface area contributed by atoms with Crippen LogP contribution in [0.25, 0.3) is 0 Å². The number of nitrogens with zero attached hydrogens (tertiary/aromatic N) is 4. The molecule has 2 saturated heterocycles. The van der Waals surface area contributed by atoms with Crippen LogP contribution in [0.15, 0.2) is 121 Å². The van der Waals surface area contributed by atoms with Crippen LogP contribution in [0.5, 0.6) is 0 Å². The van der Waals surface area contributed by atoms with Gasteiger partial charge >= 0.3 is 0 Å². The fourth-order valence-corrected chi connectivity index (χ4v) is 7.85. The number of aliphatic hydroxyl groups excluding tert-OH is 1. The van der Waals surface area contributed by atoms with Gasteiger partial charge in [0, 0.05) is 78.5 Å². The Bertz CT molecular complexity index is 1630. The molecule has 6 rings (SSSR count). The molecule has 0 saturated carbocycles. The number of hydrogen-bond donors (Lipinski definition) is 1. The van der Waals surface area contributed by atoms with Crippen molar-refractivity contribution in [3.05, 3.63) is 144 Å². The molecule has 4 aromatic carbocycles. The Hall–Kier alpha value is -3.41. The van der Waals surface area contributed by atoms with Gasteiger partial charge in [0.05, 0.1) is 18.5 Å². The minimum Gasteiger partial charge on any atom is -0.391 e. The number of rotatable bonds is 10. The Morgan fingerprint density at radius 2 is 0.827 bits per heavy atom. The summed E-state index contributed by atoms with van der Waals surface area (Å²) in [5.41, 5.74) is 5.15. The van der Waals surface area contributed by atoms with Gasteiger partial charge in [0.1, 0.15) is 0 Å². The first kappa shape index (κ1) is 39.8. The molecule has 0 radical (unpaired) electrons. The van der Waals surface area contributed by atoms with Crippen LogP contribution in [0.2, 0.25) is 0 Å². The maximum absolute atomic E-state index is 11.8. The predicted molar refractivity (Wildman–Crippen MR) is 211 cm³/mol. The van der Waals surface area contributed by atoms with E-state index in [4.69, 9.17) is 4.18 Å². The maximum Gasteiger partial charge on any atom is 0.264 e. The molecule has 8 nitrogen and oxygen atoms in total. The Morgan fingerprint density at radius 3 is 1.17 bits per heavy atom. The Labute approximate surface area is 312 Å². The van der Waals surface area contributed by atoms with Crippen molar-refractivity contribution in [1.82, 2.24) is 19.6 Å². The van der Waals surface area contributed by atoms with Gasteiger partial charge in [0.2, 0.25) is 0 Å². The van der Waals surface area contributed by atoms with Crippen LogP contribution >= 0.6 is 0 Å². The van der Waals surface area contributed by atoms with Crippen LogP contribution in [0.4, 0.5) is 0 Å². The van der Waals surface area contributed by atoms with E-state index >= 15 is 0 Å².